The van der Waals surface area contributed by atoms with Crippen molar-refractivity contribution in [3.8, 4) is 11.5 Å². The molecule has 0 saturated heterocycles. The number of benzene rings is 1. The van der Waals surface area contributed by atoms with Crippen LogP contribution in [0.1, 0.15) is 24.2 Å². The predicted molar refractivity (Wildman–Crippen MR) is 87.8 cm³/mol. The normalized spacial score (nSPS) is 13.9. The van der Waals surface area contributed by atoms with Crippen molar-refractivity contribution in [1.29, 1.82) is 0 Å². The molecular formula is C13H18Br2O4S. The molecule has 1 unspecified atom stereocenters. The molecule has 0 fully saturated rings. The van der Waals surface area contributed by atoms with Gasteiger partial charge in [-0.05, 0) is 41.9 Å². The molecule has 1 aromatic carbocycles. The van der Waals surface area contributed by atoms with Crippen LogP contribution in [0.2, 0.25) is 0 Å². The summed E-state index contributed by atoms with van der Waals surface area (Å²) in [6.45, 7) is 3.35. The molecule has 0 heterocycles. The van der Waals surface area contributed by atoms with Crippen molar-refractivity contribution < 1.29 is 17.9 Å². The zero-order chi connectivity index (χ0) is 15.7. The van der Waals surface area contributed by atoms with Gasteiger partial charge in [0.2, 0.25) is 0 Å². The van der Waals surface area contributed by atoms with Gasteiger partial charge in [-0.1, -0.05) is 15.9 Å². The Morgan fingerprint density at radius 1 is 1.15 bits per heavy atom. The first kappa shape index (κ1) is 17.8. The number of methoxy groups -OCH3 is 2. The molecule has 114 valence electrons. The molecule has 1 rings (SSSR count). The summed E-state index contributed by atoms with van der Waals surface area (Å²) in [5.74, 6) is 1.21. The second-order valence-electron chi connectivity index (χ2n) is 4.97. The first-order valence-electron chi connectivity index (χ1n) is 5.81. The smallest absolute Gasteiger partial charge is 0.154 e. The molecule has 0 aliphatic heterocycles. The fourth-order valence-electron chi connectivity index (χ4n) is 1.64. The topological polar surface area (TPSA) is 52.6 Å². The van der Waals surface area contributed by atoms with Crippen LogP contribution in [0.15, 0.2) is 16.6 Å². The zero-order valence-corrected chi connectivity index (χ0v) is 16.0. The summed E-state index contributed by atoms with van der Waals surface area (Å²) in [6, 6.07) is 3.54. The molecule has 7 heteroatoms. The summed E-state index contributed by atoms with van der Waals surface area (Å²) in [5, 5.41) is 0. The van der Waals surface area contributed by atoms with E-state index in [1.807, 2.05) is 0 Å². The monoisotopic (exact) mass is 428 g/mol. The maximum Gasteiger partial charge on any atom is 0.154 e. The van der Waals surface area contributed by atoms with Gasteiger partial charge in [0.15, 0.2) is 9.84 Å². The second-order valence-corrected chi connectivity index (χ2v) is 9.33. The van der Waals surface area contributed by atoms with Crippen molar-refractivity contribution >= 4 is 41.7 Å². The number of sulfone groups is 1. The van der Waals surface area contributed by atoms with E-state index in [2.05, 4.69) is 31.9 Å². The van der Waals surface area contributed by atoms with Crippen LogP contribution in [-0.2, 0) is 9.84 Å². The highest BCUT2D eigenvalue weighted by molar-refractivity contribution is 9.10. The molecule has 0 amide bonds. The first-order valence-corrected chi connectivity index (χ1v) is 9.41. The van der Waals surface area contributed by atoms with E-state index in [1.165, 1.54) is 6.26 Å². The summed E-state index contributed by atoms with van der Waals surface area (Å²) in [4.78, 5) is -0.429. The maximum atomic E-state index is 12.0. The van der Waals surface area contributed by atoms with Crippen LogP contribution in [0.4, 0.5) is 0 Å². The van der Waals surface area contributed by atoms with Crippen LogP contribution in [0.3, 0.4) is 0 Å². The molecule has 1 aromatic rings. The van der Waals surface area contributed by atoms with Gasteiger partial charge in [0.25, 0.3) is 0 Å². The first-order chi connectivity index (χ1) is 9.06. The van der Waals surface area contributed by atoms with Gasteiger partial charge in [-0.2, -0.15) is 0 Å². The minimum atomic E-state index is -3.26. The number of ether oxygens (including phenoxy) is 2. The average molecular weight is 430 g/mol. The SMILES string of the molecule is COc1cc(C(Br)C(C)(C)S(C)(=O)=O)c(OC)cc1Br. The Morgan fingerprint density at radius 2 is 1.65 bits per heavy atom. The van der Waals surface area contributed by atoms with Crippen molar-refractivity contribution in [2.75, 3.05) is 20.5 Å². The number of alkyl halides is 1. The quantitative estimate of drug-likeness (QED) is 0.669. The van der Waals surface area contributed by atoms with Gasteiger partial charge < -0.3 is 9.47 Å². The van der Waals surface area contributed by atoms with Crippen LogP contribution in [0, 0.1) is 0 Å². The molecule has 20 heavy (non-hydrogen) atoms. The van der Waals surface area contributed by atoms with Gasteiger partial charge in [-0.25, -0.2) is 8.42 Å². The van der Waals surface area contributed by atoms with E-state index in [0.29, 0.717) is 11.5 Å². The molecule has 4 nitrogen and oxygen atoms in total. The Labute approximate surface area is 137 Å². The Morgan fingerprint density at radius 3 is 2.05 bits per heavy atom. The minimum absolute atomic E-state index is 0.429. The molecule has 0 aliphatic rings. The highest BCUT2D eigenvalue weighted by Crippen LogP contribution is 2.45. The van der Waals surface area contributed by atoms with E-state index >= 15 is 0 Å². The van der Waals surface area contributed by atoms with Gasteiger partial charge in [-0.3, -0.25) is 0 Å². The third kappa shape index (κ3) is 3.31. The standard InChI is InChI=1S/C13H18Br2O4S/c1-13(2,20(5,16)17)12(15)8-6-11(19-4)9(14)7-10(8)18-3/h6-7,12H,1-5H3. The Kier molecular flexibility index (Phi) is 5.54. The molecule has 0 N–H and O–H groups in total. The molecule has 0 spiro atoms. The number of halogens is 2. The van der Waals surface area contributed by atoms with Crippen LogP contribution in [0.25, 0.3) is 0 Å². The Balaban J connectivity index is 3.46. The lowest BCUT2D eigenvalue weighted by atomic mass is 10.0. The highest BCUT2D eigenvalue weighted by atomic mass is 79.9. The van der Waals surface area contributed by atoms with E-state index in [1.54, 1.807) is 40.2 Å². The van der Waals surface area contributed by atoms with Gasteiger partial charge in [0.05, 0.1) is 28.3 Å². The van der Waals surface area contributed by atoms with Crippen LogP contribution in [0.5, 0.6) is 11.5 Å². The number of hydrogen-bond acceptors (Lipinski definition) is 4. The molecule has 0 radical (unpaired) electrons. The lowest BCUT2D eigenvalue weighted by molar-refractivity contribution is 0.394. The van der Waals surface area contributed by atoms with Gasteiger partial charge >= 0.3 is 0 Å². The average Bonchev–Trinajstić information content (AvgIpc) is 2.36. The molecule has 0 aromatic heterocycles. The third-order valence-electron chi connectivity index (χ3n) is 3.34. The lowest BCUT2D eigenvalue weighted by Crippen LogP contribution is -2.35. The second kappa shape index (κ2) is 6.23. The summed E-state index contributed by atoms with van der Waals surface area (Å²) in [6.07, 6.45) is 1.23. The fourth-order valence-corrected chi connectivity index (χ4v) is 4.01. The largest absolute Gasteiger partial charge is 0.496 e. The fraction of sp³-hybridized carbons (Fsp3) is 0.538. The molecular weight excluding hydrogens is 412 g/mol. The van der Waals surface area contributed by atoms with Crippen molar-refractivity contribution in [2.45, 2.75) is 23.4 Å². The van der Waals surface area contributed by atoms with E-state index in [0.717, 1.165) is 10.0 Å². The van der Waals surface area contributed by atoms with Crippen molar-refractivity contribution in [3.05, 3.63) is 22.2 Å². The lowest BCUT2D eigenvalue weighted by Gasteiger charge is -2.30. The number of rotatable bonds is 5. The number of hydrogen-bond donors (Lipinski definition) is 0. The summed E-state index contributed by atoms with van der Waals surface area (Å²) < 4.78 is 34.3. The third-order valence-corrected chi connectivity index (χ3v) is 8.05. The van der Waals surface area contributed by atoms with Crippen LogP contribution < -0.4 is 9.47 Å². The van der Waals surface area contributed by atoms with E-state index in [-0.39, 0.29) is 0 Å². The van der Waals surface area contributed by atoms with E-state index in [9.17, 15) is 8.42 Å². The van der Waals surface area contributed by atoms with Gasteiger partial charge in [-0.15, -0.1) is 0 Å². The van der Waals surface area contributed by atoms with Gasteiger partial charge in [0.1, 0.15) is 11.5 Å². The van der Waals surface area contributed by atoms with Crippen molar-refractivity contribution in [2.24, 2.45) is 0 Å². The van der Waals surface area contributed by atoms with Crippen LogP contribution >= 0.6 is 31.9 Å². The minimum Gasteiger partial charge on any atom is -0.496 e. The predicted octanol–water partition coefficient (Wildman–Crippen LogP) is 3.73. The Hall–Kier alpha value is -0.270. The summed E-state index contributed by atoms with van der Waals surface area (Å²) in [5.41, 5.74) is 0.725. The summed E-state index contributed by atoms with van der Waals surface area (Å²) in [7, 11) is -0.156. The molecule has 0 aliphatic carbocycles. The molecule has 1 atom stereocenters. The maximum absolute atomic E-state index is 12.0. The summed E-state index contributed by atoms with van der Waals surface area (Å²) >= 11 is 6.88. The van der Waals surface area contributed by atoms with Crippen molar-refractivity contribution in [1.82, 2.24) is 0 Å². The molecule has 0 saturated carbocycles. The van der Waals surface area contributed by atoms with E-state index in [4.69, 9.17) is 9.47 Å². The van der Waals surface area contributed by atoms with Crippen LogP contribution in [-0.4, -0.2) is 33.6 Å². The van der Waals surface area contributed by atoms with Gasteiger partial charge in [0, 0.05) is 11.8 Å². The zero-order valence-electron chi connectivity index (χ0n) is 12.0. The Bertz CT molecular complexity index is 597. The van der Waals surface area contributed by atoms with E-state index < -0.39 is 19.4 Å². The highest BCUT2D eigenvalue weighted by Gasteiger charge is 2.40. The van der Waals surface area contributed by atoms with Crippen molar-refractivity contribution in [3.63, 3.8) is 0 Å². The molecule has 0 bridgehead atoms.